The second kappa shape index (κ2) is 4.82. The van der Waals surface area contributed by atoms with Crippen LogP contribution in [0.15, 0.2) is 23.0 Å². The molecule has 0 saturated carbocycles. The highest BCUT2D eigenvalue weighted by molar-refractivity contribution is 6.36. The Bertz CT molecular complexity index is 807. The Kier molecular flexibility index (Phi) is 3.13. The van der Waals surface area contributed by atoms with Gasteiger partial charge in [0.25, 0.3) is 5.56 Å². The lowest BCUT2D eigenvalue weighted by atomic mass is 10.1. The van der Waals surface area contributed by atoms with Gasteiger partial charge in [-0.25, -0.2) is 4.98 Å². The van der Waals surface area contributed by atoms with Gasteiger partial charge in [-0.2, -0.15) is 5.26 Å². The lowest BCUT2D eigenvalue weighted by molar-refractivity contribution is 0.759. The molecule has 2 aromatic rings. The van der Waals surface area contributed by atoms with Crippen LogP contribution in [0.25, 0.3) is 11.3 Å². The van der Waals surface area contributed by atoms with Crippen LogP contribution in [0.2, 0.25) is 10.0 Å². The van der Waals surface area contributed by atoms with Crippen LogP contribution in [0.4, 0.5) is 5.95 Å². The summed E-state index contributed by atoms with van der Waals surface area (Å²) in [5.41, 5.74) is 0.423. The van der Waals surface area contributed by atoms with Gasteiger partial charge in [-0.15, -0.1) is 0 Å². The highest BCUT2D eigenvalue weighted by Crippen LogP contribution is 2.31. The number of fused-ring (bicyclic) bond motifs is 1. The molecule has 5 nitrogen and oxygen atoms in total. The molecule has 0 fully saturated rings. The quantitative estimate of drug-likeness (QED) is 0.879. The van der Waals surface area contributed by atoms with Crippen LogP contribution in [0, 0.1) is 11.3 Å². The molecule has 1 aromatic heterocycles. The Morgan fingerprint density at radius 3 is 2.90 bits per heavy atom. The fourth-order valence-corrected chi connectivity index (χ4v) is 2.65. The molecule has 0 amide bonds. The average molecular weight is 307 g/mol. The summed E-state index contributed by atoms with van der Waals surface area (Å²) in [5, 5.41) is 13.1. The lowest BCUT2D eigenvalue weighted by Crippen LogP contribution is -2.23. The van der Waals surface area contributed by atoms with Gasteiger partial charge in [-0.1, -0.05) is 23.2 Å². The van der Waals surface area contributed by atoms with Crippen molar-refractivity contribution in [3.8, 4) is 17.3 Å². The maximum absolute atomic E-state index is 12.3. The van der Waals surface area contributed by atoms with Crippen LogP contribution in [-0.4, -0.2) is 16.1 Å². The van der Waals surface area contributed by atoms with Crippen molar-refractivity contribution in [2.24, 2.45) is 0 Å². The van der Waals surface area contributed by atoms with Crippen molar-refractivity contribution in [1.29, 1.82) is 5.26 Å². The van der Waals surface area contributed by atoms with Gasteiger partial charge in [0, 0.05) is 23.7 Å². The molecule has 1 aromatic carbocycles. The minimum absolute atomic E-state index is 0.0123. The first-order valence-electron chi connectivity index (χ1n) is 5.86. The molecular weight excluding hydrogens is 299 g/mol. The van der Waals surface area contributed by atoms with Crippen LogP contribution in [0.3, 0.4) is 0 Å². The monoisotopic (exact) mass is 306 g/mol. The van der Waals surface area contributed by atoms with E-state index in [-0.39, 0.29) is 16.8 Å². The Balaban J connectivity index is 2.32. The third-order valence-corrected chi connectivity index (χ3v) is 3.63. The largest absolute Gasteiger partial charge is 0.354 e. The smallest absolute Gasteiger partial charge is 0.273 e. The fraction of sp³-hybridized carbons (Fsp3) is 0.154. The molecule has 0 saturated heterocycles. The van der Waals surface area contributed by atoms with E-state index in [2.05, 4.69) is 10.3 Å². The van der Waals surface area contributed by atoms with Gasteiger partial charge in [-0.05, 0) is 18.2 Å². The second-order valence-corrected chi connectivity index (χ2v) is 5.12. The molecule has 0 bridgehead atoms. The van der Waals surface area contributed by atoms with Crippen molar-refractivity contribution in [2.45, 2.75) is 6.54 Å². The summed E-state index contributed by atoms with van der Waals surface area (Å²) in [4.78, 5) is 16.6. The van der Waals surface area contributed by atoms with Crippen molar-refractivity contribution in [2.75, 3.05) is 11.9 Å². The van der Waals surface area contributed by atoms with E-state index < -0.39 is 0 Å². The van der Waals surface area contributed by atoms with E-state index >= 15 is 0 Å². The van der Waals surface area contributed by atoms with Gasteiger partial charge < -0.3 is 5.32 Å². The van der Waals surface area contributed by atoms with E-state index in [1.165, 1.54) is 4.57 Å². The molecule has 0 radical (unpaired) electrons. The van der Waals surface area contributed by atoms with E-state index in [0.717, 1.165) is 0 Å². The van der Waals surface area contributed by atoms with Crippen molar-refractivity contribution in [1.82, 2.24) is 9.55 Å². The Hall–Kier alpha value is -2.03. The first-order valence-corrected chi connectivity index (χ1v) is 6.61. The molecule has 100 valence electrons. The molecule has 20 heavy (non-hydrogen) atoms. The van der Waals surface area contributed by atoms with Crippen LogP contribution in [0.1, 0.15) is 5.56 Å². The molecule has 0 spiro atoms. The van der Waals surface area contributed by atoms with Crippen LogP contribution < -0.4 is 10.9 Å². The zero-order valence-electron chi connectivity index (χ0n) is 10.2. The molecule has 1 N–H and O–H groups in total. The number of hydrogen-bond donors (Lipinski definition) is 1. The summed E-state index contributed by atoms with van der Waals surface area (Å²) in [6, 6.07) is 6.77. The zero-order valence-corrected chi connectivity index (χ0v) is 11.7. The molecule has 1 aliphatic heterocycles. The molecule has 0 atom stereocenters. The Morgan fingerprint density at radius 1 is 1.40 bits per heavy atom. The second-order valence-electron chi connectivity index (χ2n) is 4.28. The van der Waals surface area contributed by atoms with Crippen molar-refractivity contribution in [3.63, 3.8) is 0 Å². The average Bonchev–Trinajstić information content (AvgIpc) is 2.87. The van der Waals surface area contributed by atoms with E-state index in [1.807, 2.05) is 6.07 Å². The number of halogens is 2. The van der Waals surface area contributed by atoms with Gasteiger partial charge in [0.15, 0.2) is 0 Å². The number of rotatable bonds is 1. The summed E-state index contributed by atoms with van der Waals surface area (Å²) in [6.07, 6.45) is 0. The molecule has 0 aliphatic carbocycles. The highest BCUT2D eigenvalue weighted by Gasteiger charge is 2.21. The third kappa shape index (κ3) is 1.94. The van der Waals surface area contributed by atoms with E-state index in [0.29, 0.717) is 34.6 Å². The number of benzene rings is 1. The first-order chi connectivity index (χ1) is 9.61. The van der Waals surface area contributed by atoms with Crippen LogP contribution >= 0.6 is 23.2 Å². The minimum Gasteiger partial charge on any atom is -0.354 e. The summed E-state index contributed by atoms with van der Waals surface area (Å²) >= 11 is 12.0. The maximum atomic E-state index is 12.3. The van der Waals surface area contributed by atoms with E-state index in [9.17, 15) is 10.1 Å². The number of anilines is 1. The van der Waals surface area contributed by atoms with Gasteiger partial charge in [0.1, 0.15) is 11.6 Å². The number of aromatic nitrogens is 2. The van der Waals surface area contributed by atoms with Gasteiger partial charge >= 0.3 is 0 Å². The Labute approximate surface area is 124 Å². The molecular formula is C13H8Cl2N4O. The number of hydrogen-bond acceptors (Lipinski definition) is 4. The van der Waals surface area contributed by atoms with Gasteiger partial charge in [0.2, 0.25) is 5.95 Å². The SMILES string of the molecule is N#Cc1c(-c2ccc(Cl)cc2Cl)nc2n(c1=O)CCN2. The molecule has 3 rings (SSSR count). The topological polar surface area (TPSA) is 70.7 Å². The van der Waals surface area contributed by atoms with Gasteiger partial charge in [0.05, 0.1) is 10.7 Å². The third-order valence-electron chi connectivity index (χ3n) is 3.09. The fourth-order valence-electron chi connectivity index (χ4n) is 2.15. The van der Waals surface area contributed by atoms with Crippen LogP contribution in [0.5, 0.6) is 0 Å². The van der Waals surface area contributed by atoms with Crippen molar-refractivity contribution < 1.29 is 0 Å². The summed E-state index contributed by atoms with van der Waals surface area (Å²) in [5.74, 6) is 0.454. The predicted molar refractivity (Wildman–Crippen MR) is 77.2 cm³/mol. The van der Waals surface area contributed by atoms with E-state index in [1.54, 1.807) is 18.2 Å². The van der Waals surface area contributed by atoms with Crippen molar-refractivity contribution in [3.05, 3.63) is 44.2 Å². The molecule has 1 aliphatic rings. The standard InChI is InChI=1S/C13H8Cl2N4O/c14-7-1-2-8(10(15)5-7)11-9(6-16)12(20)19-4-3-17-13(19)18-11/h1-2,5H,3-4H2,(H,17,18). The predicted octanol–water partition coefficient (Wildman–Crippen LogP) is 2.51. The zero-order chi connectivity index (χ0) is 14.3. The highest BCUT2D eigenvalue weighted by atomic mass is 35.5. The van der Waals surface area contributed by atoms with Crippen molar-refractivity contribution >= 4 is 29.2 Å². The van der Waals surface area contributed by atoms with E-state index in [4.69, 9.17) is 23.2 Å². The Morgan fingerprint density at radius 2 is 2.20 bits per heavy atom. The first kappa shape index (κ1) is 13.0. The lowest BCUT2D eigenvalue weighted by Gasteiger charge is -2.09. The van der Waals surface area contributed by atoms with Gasteiger partial charge in [-0.3, -0.25) is 9.36 Å². The number of nitriles is 1. The summed E-state index contributed by atoms with van der Waals surface area (Å²) in [7, 11) is 0. The number of nitrogens with zero attached hydrogens (tertiary/aromatic N) is 3. The summed E-state index contributed by atoms with van der Waals surface area (Å²) in [6.45, 7) is 1.12. The van der Waals surface area contributed by atoms with Crippen LogP contribution in [-0.2, 0) is 6.54 Å². The maximum Gasteiger partial charge on any atom is 0.273 e. The number of nitrogens with one attached hydrogen (secondary N) is 1. The molecule has 7 heteroatoms. The summed E-state index contributed by atoms with van der Waals surface area (Å²) < 4.78 is 1.45. The molecule has 0 unspecified atom stereocenters. The minimum atomic E-state index is -0.358. The normalized spacial score (nSPS) is 12.7. The molecule has 2 heterocycles.